The molecule has 0 aliphatic heterocycles. The van der Waals surface area contributed by atoms with Gasteiger partial charge in [0.2, 0.25) is 0 Å². The Morgan fingerprint density at radius 3 is 2.64 bits per heavy atom. The summed E-state index contributed by atoms with van der Waals surface area (Å²) in [5, 5.41) is 24.1. The lowest BCUT2D eigenvalue weighted by Gasteiger charge is -2.31. The van der Waals surface area contributed by atoms with Crippen molar-refractivity contribution in [3.05, 3.63) is 64.2 Å². The standard InChI is InChI=1S/C26H30N2O5/c1-26(2)14-19(27-10-11-29)24(22(32)15-26)20(30)9-8-18-25-21(31)12-17(13-23(25)33-28-18)16-6-4-3-5-7-16/h3-7,17,29-30H,8-15H2,1-2H3. The maximum atomic E-state index is 12.9. The first kappa shape index (κ1) is 23.1. The average molecular weight is 451 g/mol. The largest absolute Gasteiger partial charge is 0.511 e. The zero-order valence-electron chi connectivity index (χ0n) is 19.1. The number of Topliss-reactive ketones (excluding diaryl/α,β-unsaturated/α-hetero) is 2. The smallest absolute Gasteiger partial charge is 0.168 e. The summed E-state index contributed by atoms with van der Waals surface area (Å²) < 4.78 is 5.52. The van der Waals surface area contributed by atoms with E-state index in [1.54, 1.807) is 0 Å². The lowest BCUT2D eigenvalue weighted by Crippen LogP contribution is -2.33. The minimum atomic E-state index is -0.248. The van der Waals surface area contributed by atoms with Crippen LogP contribution in [0.3, 0.4) is 0 Å². The fourth-order valence-electron chi connectivity index (χ4n) is 4.87. The number of hydrogen-bond donors (Lipinski definition) is 2. The van der Waals surface area contributed by atoms with Crippen LogP contribution in [0, 0.1) is 5.41 Å². The van der Waals surface area contributed by atoms with Crippen LogP contribution in [0.15, 0.2) is 51.2 Å². The number of rotatable bonds is 6. The fraction of sp³-hybridized carbons (Fsp3) is 0.462. The molecule has 1 unspecified atom stereocenters. The normalized spacial score (nSPS) is 23.0. The number of carbonyl (C=O) groups is 2. The number of aliphatic hydroxyl groups excluding tert-OH is 2. The molecule has 0 bridgehead atoms. The topological polar surface area (TPSA) is 113 Å². The van der Waals surface area contributed by atoms with E-state index in [4.69, 9.17) is 9.63 Å². The number of aliphatic hydroxyl groups is 2. The van der Waals surface area contributed by atoms with Gasteiger partial charge in [-0.1, -0.05) is 49.3 Å². The maximum absolute atomic E-state index is 12.9. The van der Waals surface area contributed by atoms with E-state index in [9.17, 15) is 14.7 Å². The molecule has 0 amide bonds. The Bertz CT molecular complexity index is 1110. The number of aromatic nitrogens is 1. The van der Waals surface area contributed by atoms with Crippen molar-refractivity contribution in [1.29, 1.82) is 0 Å². The number of aliphatic imine (C=N–C) groups is 1. The Morgan fingerprint density at radius 1 is 1.15 bits per heavy atom. The van der Waals surface area contributed by atoms with Gasteiger partial charge < -0.3 is 14.7 Å². The van der Waals surface area contributed by atoms with Crippen molar-refractivity contribution in [3.63, 3.8) is 0 Å². The monoisotopic (exact) mass is 450 g/mol. The molecule has 1 heterocycles. The minimum absolute atomic E-state index is 0.00538. The third-order valence-electron chi connectivity index (χ3n) is 6.39. The number of ketones is 2. The van der Waals surface area contributed by atoms with E-state index >= 15 is 0 Å². The third-order valence-corrected chi connectivity index (χ3v) is 6.39. The van der Waals surface area contributed by atoms with Crippen molar-refractivity contribution in [2.24, 2.45) is 10.4 Å². The Morgan fingerprint density at radius 2 is 1.91 bits per heavy atom. The van der Waals surface area contributed by atoms with Crippen molar-refractivity contribution in [3.8, 4) is 0 Å². The first-order chi connectivity index (χ1) is 15.8. The number of nitrogens with zero attached hydrogens (tertiary/aromatic N) is 2. The summed E-state index contributed by atoms with van der Waals surface area (Å²) in [6.45, 7) is 4.04. The molecule has 174 valence electrons. The number of hydrogen-bond acceptors (Lipinski definition) is 7. The predicted octanol–water partition coefficient (Wildman–Crippen LogP) is 4.15. The van der Waals surface area contributed by atoms with Gasteiger partial charge in [0.05, 0.1) is 30.0 Å². The first-order valence-corrected chi connectivity index (χ1v) is 11.4. The van der Waals surface area contributed by atoms with Gasteiger partial charge in [0, 0.05) is 37.8 Å². The lowest BCUT2D eigenvalue weighted by atomic mass is 9.73. The summed E-state index contributed by atoms with van der Waals surface area (Å²) in [4.78, 5) is 30.1. The van der Waals surface area contributed by atoms with E-state index < -0.39 is 0 Å². The van der Waals surface area contributed by atoms with Crippen LogP contribution in [0.5, 0.6) is 0 Å². The molecule has 2 aliphatic carbocycles. The summed E-state index contributed by atoms with van der Waals surface area (Å²) in [6, 6.07) is 9.91. The van der Waals surface area contributed by atoms with E-state index in [0.717, 1.165) is 5.56 Å². The van der Waals surface area contributed by atoms with Gasteiger partial charge in [0.25, 0.3) is 0 Å². The summed E-state index contributed by atoms with van der Waals surface area (Å²) in [5.41, 5.74) is 2.67. The molecule has 0 spiro atoms. The van der Waals surface area contributed by atoms with Crippen LogP contribution >= 0.6 is 0 Å². The molecular weight excluding hydrogens is 420 g/mol. The SMILES string of the molecule is CC1(C)CC(=O)C(=C(O)CCc2noc3c2C(=O)CC(c2ccccc2)C3)C(=NCCO)C1. The fourth-order valence-corrected chi connectivity index (χ4v) is 4.87. The number of carbonyl (C=O) groups excluding carboxylic acids is 2. The van der Waals surface area contributed by atoms with Gasteiger partial charge in [-0.05, 0) is 23.3 Å². The second kappa shape index (κ2) is 9.43. The molecule has 1 atom stereocenters. The second-order valence-electron chi connectivity index (χ2n) is 9.68. The van der Waals surface area contributed by atoms with E-state index in [1.807, 2.05) is 44.2 Å². The lowest BCUT2D eigenvalue weighted by molar-refractivity contribution is -0.117. The Labute approximate surface area is 193 Å². The quantitative estimate of drug-likeness (QED) is 0.505. The van der Waals surface area contributed by atoms with Crippen LogP contribution in [0.4, 0.5) is 0 Å². The van der Waals surface area contributed by atoms with Gasteiger partial charge in [0.15, 0.2) is 11.6 Å². The number of fused-ring (bicyclic) bond motifs is 1. The predicted molar refractivity (Wildman–Crippen MR) is 124 cm³/mol. The van der Waals surface area contributed by atoms with Crippen LogP contribution in [-0.2, 0) is 17.6 Å². The summed E-state index contributed by atoms with van der Waals surface area (Å²) in [5.74, 6) is 0.451. The van der Waals surface area contributed by atoms with Crippen LogP contribution in [0.1, 0.15) is 72.8 Å². The maximum Gasteiger partial charge on any atom is 0.168 e. The van der Waals surface area contributed by atoms with Gasteiger partial charge >= 0.3 is 0 Å². The molecule has 4 rings (SSSR count). The number of aryl methyl sites for hydroxylation is 1. The summed E-state index contributed by atoms with van der Waals surface area (Å²) in [7, 11) is 0. The molecule has 1 aromatic carbocycles. The summed E-state index contributed by atoms with van der Waals surface area (Å²) in [6.07, 6.45) is 2.33. The molecule has 1 saturated carbocycles. The van der Waals surface area contributed by atoms with Crippen LogP contribution in [0.25, 0.3) is 0 Å². The Hall–Kier alpha value is -3.06. The Kier molecular flexibility index (Phi) is 6.61. The van der Waals surface area contributed by atoms with E-state index in [0.29, 0.717) is 54.8 Å². The molecule has 1 aromatic heterocycles. The number of allylic oxidation sites excluding steroid dienone is 2. The second-order valence-corrected chi connectivity index (χ2v) is 9.68. The molecule has 0 saturated heterocycles. The number of benzene rings is 1. The molecular formula is C26H30N2O5. The van der Waals surface area contributed by atoms with Crippen molar-refractivity contribution in [1.82, 2.24) is 5.16 Å². The molecule has 2 N–H and O–H groups in total. The van der Waals surface area contributed by atoms with Crippen molar-refractivity contribution < 1.29 is 24.3 Å². The highest BCUT2D eigenvalue weighted by molar-refractivity contribution is 6.24. The Balaban J connectivity index is 1.53. The van der Waals surface area contributed by atoms with Gasteiger partial charge in [-0.2, -0.15) is 0 Å². The molecule has 2 aliphatic rings. The van der Waals surface area contributed by atoms with Gasteiger partial charge in [-0.25, -0.2) is 0 Å². The van der Waals surface area contributed by atoms with E-state index in [1.165, 1.54) is 0 Å². The van der Waals surface area contributed by atoms with Gasteiger partial charge in [0.1, 0.15) is 11.5 Å². The van der Waals surface area contributed by atoms with E-state index in [2.05, 4.69) is 10.1 Å². The molecule has 2 aromatic rings. The highest BCUT2D eigenvalue weighted by Gasteiger charge is 2.37. The molecule has 0 radical (unpaired) electrons. The van der Waals surface area contributed by atoms with E-state index in [-0.39, 0.29) is 53.8 Å². The van der Waals surface area contributed by atoms with Gasteiger partial charge in [-0.15, -0.1) is 0 Å². The molecule has 33 heavy (non-hydrogen) atoms. The van der Waals surface area contributed by atoms with Crippen LogP contribution in [-0.4, -0.2) is 45.8 Å². The third kappa shape index (κ3) is 4.98. The van der Waals surface area contributed by atoms with Crippen LogP contribution < -0.4 is 0 Å². The van der Waals surface area contributed by atoms with Crippen LogP contribution in [0.2, 0.25) is 0 Å². The van der Waals surface area contributed by atoms with Crippen molar-refractivity contribution >= 4 is 17.3 Å². The zero-order chi connectivity index (χ0) is 23.6. The van der Waals surface area contributed by atoms with Gasteiger partial charge in [-0.3, -0.25) is 14.6 Å². The summed E-state index contributed by atoms with van der Waals surface area (Å²) >= 11 is 0. The molecule has 1 fully saturated rings. The highest BCUT2D eigenvalue weighted by atomic mass is 16.5. The minimum Gasteiger partial charge on any atom is -0.511 e. The highest BCUT2D eigenvalue weighted by Crippen LogP contribution is 2.37. The van der Waals surface area contributed by atoms with Crippen molar-refractivity contribution in [2.75, 3.05) is 13.2 Å². The average Bonchev–Trinajstić information content (AvgIpc) is 3.19. The molecule has 7 nitrogen and oxygen atoms in total. The van der Waals surface area contributed by atoms with Crippen molar-refractivity contribution in [2.45, 2.75) is 58.3 Å². The first-order valence-electron chi connectivity index (χ1n) is 11.4. The molecule has 7 heteroatoms. The zero-order valence-corrected chi connectivity index (χ0v) is 19.1.